The largest absolute Gasteiger partial charge is 0.493 e. The van der Waals surface area contributed by atoms with Crippen molar-refractivity contribution in [2.75, 3.05) is 27.9 Å². The molecule has 3 aromatic carbocycles. The maximum absolute atomic E-state index is 12.0. The molecule has 1 fully saturated rings. The van der Waals surface area contributed by atoms with E-state index in [1.807, 2.05) is 36.4 Å². The van der Waals surface area contributed by atoms with Gasteiger partial charge in [-0.1, -0.05) is 36.4 Å². The molecule has 1 saturated heterocycles. The molecule has 0 saturated carbocycles. The lowest BCUT2D eigenvalue weighted by Gasteiger charge is -2.26. The van der Waals surface area contributed by atoms with E-state index in [1.54, 1.807) is 57.7 Å². The van der Waals surface area contributed by atoms with Crippen LogP contribution < -0.4 is 28.4 Å². The molecule has 1 aliphatic heterocycles. The van der Waals surface area contributed by atoms with Crippen LogP contribution >= 0.6 is 0 Å². The number of rotatable bonds is 11. The maximum Gasteiger partial charge on any atom is 0.305 e. The van der Waals surface area contributed by atoms with Crippen molar-refractivity contribution >= 4 is 5.97 Å². The van der Waals surface area contributed by atoms with Crippen molar-refractivity contribution in [1.82, 2.24) is 0 Å². The predicted octanol–water partition coefficient (Wildman–Crippen LogP) is 4.27. The molecular weight excluding hydrogens is 480 g/mol. The van der Waals surface area contributed by atoms with Gasteiger partial charge in [0, 0.05) is 6.92 Å². The summed E-state index contributed by atoms with van der Waals surface area (Å²) < 4.78 is 46.7. The van der Waals surface area contributed by atoms with E-state index < -0.39 is 30.6 Å². The van der Waals surface area contributed by atoms with E-state index in [2.05, 4.69) is 0 Å². The minimum absolute atomic E-state index is 0.0593. The van der Waals surface area contributed by atoms with E-state index in [-0.39, 0.29) is 6.61 Å². The fourth-order valence-corrected chi connectivity index (χ4v) is 3.99. The van der Waals surface area contributed by atoms with Crippen LogP contribution in [0, 0.1) is 0 Å². The van der Waals surface area contributed by atoms with Gasteiger partial charge in [0.1, 0.15) is 12.7 Å². The SMILES string of the molecule is COc1ccccc1OC[C@@H]1O[C@@H](OC(C)=O)[C@H](Oc2ccccc2OC)[C@@H]1Oc1ccccc1OC. The van der Waals surface area contributed by atoms with Crippen LogP contribution in [0.15, 0.2) is 72.8 Å². The molecule has 0 amide bonds. The smallest absolute Gasteiger partial charge is 0.305 e. The molecule has 4 rings (SSSR count). The fraction of sp³-hybridized carbons (Fsp3) is 0.321. The minimum atomic E-state index is -1.08. The Balaban J connectivity index is 1.67. The highest BCUT2D eigenvalue weighted by atomic mass is 16.7. The molecule has 0 spiro atoms. The standard InChI is InChI=1S/C28H30O9/c1-18(29)34-28-27(36-24-16-10-7-13-21(24)32-4)26(35-23-15-9-6-12-20(23)31-3)25(37-28)17-33-22-14-8-5-11-19(22)30-2/h5-16,25-28H,17H2,1-4H3/t25-,26+,27+,28+/m0/s1. The molecule has 4 atom stereocenters. The molecule has 9 nitrogen and oxygen atoms in total. The van der Waals surface area contributed by atoms with E-state index in [0.717, 1.165) is 0 Å². The number of carbonyl (C=O) groups is 1. The van der Waals surface area contributed by atoms with Crippen LogP contribution in [0.25, 0.3) is 0 Å². The molecule has 0 N–H and O–H groups in total. The molecule has 0 unspecified atom stereocenters. The van der Waals surface area contributed by atoms with Gasteiger partial charge in [-0.2, -0.15) is 0 Å². The lowest BCUT2D eigenvalue weighted by molar-refractivity contribution is -0.184. The second kappa shape index (κ2) is 12.2. The van der Waals surface area contributed by atoms with Crippen molar-refractivity contribution in [3.05, 3.63) is 72.8 Å². The Morgan fingerprint density at radius 2 is 1.11 bits per heavy atom. The maximum atomic E-state index is 12.0. The molecule has 196 valence electrons. The normalized spacial score (nSPS) is 20.5. The molecule has 3 aromatic rings. The lowest BCUT2D eigenvalue weighted by Crippen LogP contribution is -2.44. The van der Waals surface area contributed by atoms with Gasteiger partial charge in [0.25, 0.3) is 0 Å². The summed E-state index contributed by atoms with van der Waals surface area (Å²) in [6, 6.07) is 21.6. The number of benzene rings is 3. The Labute approximate surface area is 215 Å². The summed E-state index contributed by atoms with van der Waals surface area (Å²) in [5.41, 5.74) is 0. The Bertz CT molecular complexity index is 1180. The molecular formula is C28H30O9. The average molecular weight is 511 g/mol. The number of esters is 1. The van der Waals surface area contributed by atoms with E-state index in [4.69, 9.17) is 37.9 Å². The Kier molecular flexibility index (Phi) is 8.58. The average Bonchev–Trinajstić information content (AvgIpc) is 3.22. The van der Waals surface area contributed by atoms with Gasteiger partial charge in [-0.25, -0.2) is 0 Å². The minimum Gasteiger partial charge on any atom is -0.493 e. The van der Waals surface area contributed by atoms with E-state index in [9.17, 15) is 4.79 Å². The van der Waals surface area contributed by atoms with Crippen LogP contribution in [0.2, 0.25) is 0 Å². The zero-order valence-electron chi connectivity index (χ0n) is 21.1. The third kappa shape index (κ3) is 6.18. The lowest BCUT2D eigenvalue weighted by atomic mass is 10.1. The first kappa shape index (κ1) is 26.0. The number of methoxy groups -OCH3 is 3. The van der Waals surface area contributed by atoms with Gasteiger partial charge in [0.2, 0.25) is 12.4 Å². The summed E-state index contributed by atoms with van der Waals surface area (Å²) >= 11 is 0. The van der Waals surface area contributed by atoms with Gasteiger partial charge >= 0.3 is 5.97 Å². The molecule has 1 heterocycles. The van der Waals surface area contributed by atoms with E-state index in [0.29, 0.717) is 34.5 Å². The predicted molar refractivity (Wildman–Crippen MR) is 134 cm³/mol. The topological polar surface area (TPSA) is 90.9 Å². The first-order valence-corrected chi connectivity index (χ1v) is 11.7. The molecule has 1 aliphatic rings. The highest BCUT2D eigenvalue weighted by Gasteiger charge is 2.51. The molecule has 0 radical (unpaired) electrons. The Morgan fingerprint density at radius 1 is 0.676 bits per heavy atom. The van der Waals surface area contributed by atoms with Gasteiger partial charge in [0.15, 0.2) is 40.6 Å². The highest BCUT2D eigenvalue weighted by molar-refractivity contribution is 5.66. The van der Waals surface area contributed by atoms with Gasteiger partial charge in [-0.15, -0.1) is 0 Å². The summed E-state index contributed by atoms with van der Waals surface area (Å²) in [6.45, 7) is 1.36. The second-order valence-corrected chi connectivity index (χ2v) is 8.08. The zero-order chi connectivity index (χ0) is 26.2. The number of ether oxygens (including phenoxy) is 8. The summed E-state index contributed by atoms with van der Waals surface area (Å²) in [7, 11) is 4.67. The van der Waals surface area contributed by atoms with Crippen molar-refractivity contribution in [3.63, 3.8) is 0 Å². The monoisotopic (exact) mass is 510 g/mol. The zero-order valence-corrected chi connectivity index (χ0v) is 21.1. The van der Waals surface area contributed by atoms with Crippen molar-refractivity contribution in [1.29, 1.82) is 0 Å². The first-order valence-electron chi connectivity index (χ1n) is 11.7. The van der Waals surface area contributed by atoms with Crippen LogP contribution in [-0.2, 0) is 14.3 Å². The van der Waals surface area contributed by atoms with Gasteiger partial charge in [0.05, 0.1) is 21.3 Å². The summed E-state index contributed by atoms with van der Waals surface area (Å²) in [5.74, 6) is 2.52. The number of para-hydroxylation sites is 6. The van der Waals surface area contributed by atoms with Gasteiger partial charge in [-0.3, -0.25) is 4.79 Å². The van der Waals surface area contributed by atoms with Gasteiger partial charge in [-0.05, 0) is 36.4 Å². The van der Waals surface area contributed by atoms with Crippen LogP contribution in [-0.4, -0.2) is 58.5 Å². The van der Waals surface area contributed by atoms with Crippen molar-refractivity contribution < 1.29 is 42.7 Å². The molecule has 0 aliphatic carbocycles. The van der Waals surface area contributed by atoms with Gasteiger partial charge < -0.3 is 37.9 Å². The third-order valence-electron chi connectivity index (χ3n) is 5.69. The number of hydrogen-bond donors (Lipinski definition) is 0. The Morgan fingerprint density at radius 3 is 1.59 bits per heavy atom. The first-order chi connectivity index (χ1) is 18.0. The number of hydrogen-bond acceptors (Lipinski definition) is 9. The molecule has 37 heavy (non-hydrogen) atoms. The molecule has 0 bridgehead atoms. The summed E-state index contributed by atoms with van der Waals surface area (Å²) in [4.78, 5) is 12.0. The fourth-order valence-electron chi connectivity index (χ4n) is 3.99. The van der Waals surface area contributed by atoms with Crippen molar-refractivity contribution in [2.45, 2.75) is 31.5 Å². The second-order valence-electron chi connectivity index (χ2n) is 8.08. The molecule has 9 heteroatoms. The van der Waals surface area contributed by atoms with E-state index in [1.165, 1.54) is 6.92 Å². The Hall–Kier alpha value is -4.11. The summed E-state index contributed by atoms with van der Waals surface area (Å²) in [5, 5.41) is 0. The van der Waals surface area contributed by atoms with Crippen molar-refractivity contribution in [3.8, 4) is 34.5 Å². The van der Waals surface area contributed by atoms with E-state index >= 15 is 0 Å². The van der Waals surface area contributed by atoms with Crippen LogP contribution in [0.4, 0.5) is 0 Å². The quantitative estimate of drug-likeness (QED) is 0.351. The highest BCUT2D eigenvalue weighted by Crippen LogP contribution is 2.37. The van der Waals surface area contributed by atoms with Crippen molar-refractivity contribution in [2.24, 2.45) is 0 Å². The van der Waals surface area contributed by atoms with Crippen LogP contribution in [0.1, 0.15) is 6.92 Å². The number of carbonyl (C=O) groups excluding carboxylic acids is 1. The molecule has 0 aromatic heterocycles. The third-order valence-corrected chi connectivity index (χ3v) is 5.69. The van der Waals surface area contributed by atoms with Crippen LogP contribution in [0.3, 0.4) is 0 Å². The summed E-state index contributed by atoms with van der Waals surface area (Å²) in [6.07, 6.45) is -3.40. The van der Waals surface area contributed by atoms with Crippen LogP contribution in [0.5, 0.6) is 34.5 Å².